The van der Waals surface area contributed by atoms with E-state index < -0.39 is 18.2 Å². The average Bonchev–Trinajstić information content (AvgIpc) is 3.20. The number of amides is 1. The molecule has 9 nitrogen and oxygen atoms in total. The fourth-order valence-electron chi connectivity index (χ4n) is 5.18. The highest BCUT2D eigenvalue weighted by Gasteiger charge is 2.64. The molecule has 222 valence electrons. The molecule has 1 amide bonds. The number of carbonyl (C=O) groups is 1. The van der Waals surface area contributed by atoms with Crippen LogP contribution in [0.25, 0.3) is 5.82 Å². The Morgan fingerprint density at radius 3 is 2.51 bits per heavy atom. The number of hydrogen-bond acceptors (Lipinski definition) is 7. The lowest BCUT2D eigenvalue weighted by Crippen LogP contribution is -2.40. The second-order valence-electron chi connectivity index (χ2n) is 12.8. The molecule has 1 aliphatic carbocycles. The van der Waals surface area contributed by atoms with Gasteiger partial charge in [-0.2, -0.15) is 18.3 Å². The summed E-state index contributed by atoms with van der Waals surface area (Å²) in [6.07, 6.45) is 1.94. The number of pyridine rings is 1. The average molecular weight is 592 g/mol. The molecule has 0 radical (unpaired) electrons. The fraction of sp³-hybridized carbons (Fsp3) is 0.571. The molecule has 1 saturated carbocycles. The van der Waals surface area contributed by atoms with Gasteiger partial charge in [-0.05, 0) is 83.9 Å². The van der Waals surface area contributed by atoms with Crippen LogP contribution in [0.15, 0.2) is 41.7 Å². The highest BCUT2D eigenvalue weighted by molar-refractivity contribution is 7.98. The number of aromatic nitrogens is 5. The monoisotopic (exact) mass is 591 g/mol. The Morgan fingerprint density at radius 2 is 1.93 bits per heavy atom. The summed E-state index contributed by atoms with van der Waals surface area (Å²) in [5.41, 5.74) is -1.78. The van der Waals surface area contributed by atoms with Crippen LogP contribution in [0.2, 0.25) is 0 Å². The van der Waals surface area contributed by atoms with E-state index in [-0.39, 0.29) is 35.7 Å². The number of carbonyl (C=O) groups excluding carboxylic acids is 1. The lowest BCUT2D eigenvalue weighted by atomic mass is 9.97. The van der Waals surface area contributed by atoms with Crippen LogP contribution in [0, 0.1) is 11.3 Å². The third kappa shape index (κ3) is 6.05. The van der Waals surface area contributed by atoms with E-state index in [9.17, 15) is 18.0 Å². The third-order valence-corrected chi connectivity index (χ3v) is 8.43. The van der Waals surface area contributed by atoms with Gasteiger partial charge in [0.1, 0.15) is 17.8 Å². The van der Waals surface area contributed by atoms with Gasteiger partial charge in [0.05, 0.1) is 22.2 Å². The molecule has 41 heavy (non-hydrogen) atoms. The normalized spacial score (nSPS) is 19.8. The maximum Gasteiger partial charge on any atom is 0.397 e. The molecular formula is C28H36F3N7O2S. The first-order chi connectivity index (χ1) is 19.1. The van der Waals surface area contributed by atoms with Crippen LogP contribution < -0.4 is 14.4 Å². The molecule has 1 N–H and O–H groups in total. The van der Waals surface area contributed by atoms with Crippen LogP contribution >= 0.6 is 11.9 Å². The van der Waals surface area contributed by atoms with Crippen molar-refractivity contribution in [2.45, 2.75) is 83.0 Å². The van der Waals surface area contributed by atoms with E-state index in [4.69, 9.17) is 9.72 Å². The third-order valence-electron chi connectivity index (χ3n) is 7.69. The first-order valence-electron chi connectivity index (χ1n) is 13.6. The van der Waals surface area contributed by atoms with Gasteiger partial charge in [0.25, 0.3) is 5.91 Å². The van der Waals surface area contributed by atoms with Crippen molar-refractivity contribution in [2.24, 2.45) is 11.3 Å². The number of hydrogen-bond donors (Lipinski definition) is 1. The minimum absolute atomic E-state index is 0.0624. The Morgan fingerprint density at radius 1 is 1.20 bits per heavy atom. The molecule has 13 heteroatoms. The van der Waals surface area contributed by atoms with Crippen molar-refractivity contribution in [1.29, 1.82) is 0 Å². The number of alkyl halides is 3. The van der Waals surface area contributed by atoms with E-state index >= 15 is 0 Å². The Labute approximate surface area is 242 Å². The van der Waals surface area contributed by atoms with Crippen LogP contribution in [0.4, 0.5) is 19.0 Å². The van der Waals surface area contributed by atoms with Crippen molar-refractivity contribution in [1.82, 2.24) is 29.3 Å². The molecule has 1 saturated heterocycles. The lowest BCUT2D eigenvalue weighted by Gasteiger charge is -2.34. The summed E-state index contributed by atoms with van der Waals surface area (Å²) >= 11 is 1.19. The first-order valence-corrected chi connectivity index (χ1v) is 14.5. The number of anilines is 1. The Bertz CT molecular complexity index is 1420. The van der Waals surface area contributed by atoms with E-state index in [0.29, 0.717) is 23.1 Å². The molecule has 3 aromatic rings. The van der Waals surface area contributed by atoms with Crippen LogP contribution in [0.3, 0.4) is 0 Å². The number of rotatable bonds is 8. The summed E-state index contributed by atoms with van der Waals surface area (Å²) in [6.45, 7) is 12.8. The summed E-state index contributed by atoms with van der Waals surface area (Å²) in [4.78, 5) is 21.2. The summed E-state index contributed by atoms with van der Waals surface area (Å²) in [5, 5.41) is 8.70. The highest BCUT2D eigenvalue weighted by Crippen LogP contribution is 2.57. The van der Waals surface area contributed by atoms with Gasteiger partial charge in [0.15, 0.2) is 5.82 Å². The molecule has 5 rings (SSSR count). The number of nitrogens with one attached hydrogen (secondary N) is 1. The van der Waals surface area contributed by atoms with E-state index in [2.05, 4.69) is 40.6 Å². The highest BCUT2D eigenvalue weighted by atomic mass is 32.2. The molecule has 0 bridgehead atoms. The molecule has 2 fully saturated rings. The molecule has 0 spiro atoms. The summed E-state index contributed by atoms with van der Waals surface area (Å²) < 4.78 is 51.5. The molecule has 1 aliphatic heterocycles. The Hall–Kier alpha value is -3.22. The lowest BCUT2D eigenvalue weighted by molar-refractivity contribution is -0.194. The minimum atomic E-state index is -4.30. The first kappa shape index (κ1) is 29.3. The maximum absolute atomic E-state index is 13.4. The van der Waals surface area contributed by atoms with E-state index in [0.717, 1.165) is 17.9 Å². The number of nitrogens with zero attached hydrogens (tertiary/aromatic N) is 6. The predicted octanol–water partition coefficient (Wildman–Crippen LogP) is 6.00. The summed E-state index contributed by atoms with van der Waals surface area (Å²) in [6, 6.07) is 4.89. The van der Waals surface area contributed by atoms with Gasteiger partial charge < -0.3 is 9.64 Å². The van der Waals surface area contributed by atoms with Gasteiger partial charge in [-0.3, -0.25) is 14.2 Å². The van der Waals surface area contributed by atoms with E-state index in [1.54, 1.807) is 24.5 Å². The van der Waals surface area contributed by atoms with Crippen molar-refractivity contribution in [3.8, 4) is 11.7 Å². The predicted molar refractivity (Wildman–Crippen MR) is 150 cm³/mol. The molecule has 4 heterocycles. The van der Waals surface area contributed by atoms with Crippen molar-refractivity contribution in [3.05, 3.63) is 42.4 Å². The quantitative estimate of drug-likeness (QED) is 0.321. The molecule has 3 aromatic heterocycles. The van der Waals surface area contributed by atoms with Gasteiger partial charge in [0, 0.05) is 30.5 Å². The van der Waals surface area contributed by atoms with Gasteiger partial charge >= 0.3 is 6.18 Å². The molecule has 1 unspecified atom stereocenters. The second-order valence-corrected chi connectivity index (χ2v) is 13.6. The van der Waals surface area contributed by atoms with Gasteiger partial charge in [-0.1, -0.05) is 6.92 Å². The Balaban J connectivity index is 1.38. The topological polar surface area (TPSA) is 90.1 Å². The molecule has 1 atom stereocenters. The fourth-order valence-corrected chi connectivity index (χ4v) is 5.75. The molecular weight excluding hydrogens is 555 g/mol. The zero-order valence-corrected chi connectivity index (χ0v) is 24.9. The van der Waals surface area contributed by atoms with Gasteiger partial charge in [0.2, 0.25) is 5.88 Å². The Kier molecular flexibility index (Phi) is 7.32. The van der Waals surface area contributed by atoms with Crippen molar-refractivity contribution in [2.75, 3.05) is 18.1 Å². The minimum Gasteiger partial charge on any atom is -0.476 e. The van der Waals surface area contributed by atoms with Crippen LogP contribution in [-0.2, 0) is 5.54 Å². The van der Waals surface area contributed by atoms with Crippen LogP contribution in [0.1, 0.15) is 71.2 Å². The largest absolute Gasteiger partial charge is 0.476 e. The van der Waals surface area contributed by atoms with Gasteiger partial charge in [-0.25, -0.2) is 9.67 Å². The van der Waals surface area contributed by atoms with Crippen LogP contribution in [-0.4, -0.2) is 55.3 Å². The van der Waals surface area contributed by atoms with Gasteiger partial charge in [-0.15, -0.1) is 5.10 Å². The second kappa shape index (κ2) is 10.2. The van der Waals surface area contributed by atoms with Crippen LogP contribution in [0.5, 0.6) is 5.88 Å². The smallest absolute Gasteiger partial charge is 0.397 e. The standard InChI is InChI=1S/C28H36F3N7O2S/c1-18-13-26(5,6)36(15-18)23-20(24(39)35-41-19-14-32-38(16-19)25(2,3)4)7-8-21(33-23)37-12-9-22(34-37)40-17-27(10-11-27)28(29,30)31/h7-9,12,14,16,18H,10-11,13,15,17H2,1-6H3,(H,35,39). The molecule has 2 aliphatic rings. The maximum atomic E-state index is 13.4. The van der Waals surface area contributed by atoms with E-state index in [1.807, 2.05) is 31.6 Å². The molecule has 0 aromatic carbocycles. The zero-order chi connectivity index (χ0) is 29.8. The summed E-state index contributed by atoms with van der Waals surface area (Å²) in [5.74, 6) is 1.14. The summed E-state index contributed by atoms with van der Waals surface area (Å²) in [7, 11) is 0. The van der Waals surface area contributed by atoms with Crippen molar-refractivity contribution in [3.63, 3.8) is 0 Å². The van der Waals surface area contributed by atoms with E-state index in [1.165, 1.54) is 22.7 Å². The van der Waals surface area contributed by atoms with Crippen molar-refractivity contribution < 1.29 is 22.7 Å². The SMILES string of the molecule is CC1CN(c2nc(-n3ccc(OCC4(C(F)(F)F)CC4)n3)ccc2C(=O)NSc2cnn(C(C)(C)C)c2)C(C)(C)C1. The number of halogens is 3. The number of ether oxygens (including phenoxy) is 1. The van der Waals surface area contributed by atoms with Crippen molar-refractivity contribution >= 4 is 23.7 Å². The zero-order valence-electron chi connectivity index (χ0n) is 24.1.